The van der Waals surface area contributed by atoms with Crippen molar-refractivity contribution in [2.24, 2.45) is 5.92 Å². The predicted molar refractivity (Wildman–Crippen MR) is 103 cm³/mol. The largest absolute Gasteiger partial charge is 0.342 e. The lowest BCUT2D eigenvalue weighted by Gasteiger charge is -2.34. The van der Waals surface area contributed by atoms with Crippen LogP contribution in [0.25, 0.3) is 0 Å². The summed E-state index contributed by atoms with van der Waals surface area (Å²) in [6.07, 6.45) is 6.46. The minimum Gasteiger partial charge on any atom is -0.342 e. The Hall–Kier alpha value is -1.43. The summed E-state index contributed by atoms with van der Waals surface area (Å²) >= 11 is 7.46. The lowest BCUT2D eigenvalue weighted by molar-refractivity contribution is -0.132. The smallest absolute Gasteiger partial charge is 0.227 e. The maximum absolute atomic E-state index is 12.6. The molecule has 3 heterocycles. The average Bonchev–Trinajstić information content (AvgIpc) is 3.00. The van der Waals surface area contributed by atoms with Gasteiger partial charge in [-0.25, -0.2) is 0 Å². The molecule has 1 aliphatic heterocycles. The Morgan fingerprint density at radius 2 is 2.32 bits per heavy atom. The highest BCUT2D eigenvalue weighted by Crippen LogP contribution is 2.24. The molecule has 3 rings (SSSR count). The highest BCUT2D eigenvalue weighted by atomic mass is 35.5. The number of carbonyl (C=O) groups excluding carboxylic acids is 1. The molecule has 2 aromatic heterocycles. The fourth-order valence-corrected chi connectivity index (χ4v) is 4.54. The number of halogens is 1. The molecule has 0 aromatic carbocycles. The van der Waals surface area contributed by atoms with Crippen molar-refractivity contribution in [1.82, 2.24) is 14.8 Å². The van der Waals surface area contributed by atoms with Crippen molar-refractivity contribution in [3.05, 3.63) is 51.4 Å². The third kappa shape index (κ3) is 5.53. The zero-order chi connectivity index (χ0) is 17.6. The molecule has 0 N–H and O–H groups in total. The molecule has 1 fully saturated rings. The van der Waals surface area contributed by atoms with Crippen molar-refractivity contribution in [1.29, 1.82) is 0 Å². The number of nitrogens with zero attached hydrogens (tertiary/aromatic N) is 3. The van der Waals surface area contributed by atoms with Gasteiger partial charge in [0.25, 0.3) is 0 Å². The number of piperidine rings is 1. The number of hydrogen-bond donors (Lipinski definition) is 0. The summed E-state index contributed by atoms with van der Waals surface area (Å²) < 4.78 is 0.747. The van der Waals surface area contributed by atoms with Crippen LogP contribution in [-0.4, -0.2) is 47.4 Å². The number of aromatic nitrogens is 1. The summed E-state index contributed by atoms with van der Waals surface area (Å²) in [5, 5.41) is 0. The molecule has 0 aliphatic carbocycles. The van der Waals surface area contributed by atoms with Crippen LogP contribution in [0.5, 0.6) is 0 Å². The predicted octanol–water partition coefficient (Wildman–Crippen LogP) is 3.71. The maximum Gasteiger partial charge on any atom is 0.227 e. The molecule has 0 radical (unpaired) electrons. The molecule has 0 bridgehead atoms. The van der Waals surface area contributed by atoms with Crippen LogP contribution in [0.3, 0.4) is 0 Å². The molecule has 0 spiro atoms. The lowest BCUT2D eigenvalue weighted by Crippen LogP contribution is -2.43. The lowest BCUT2D eigenvalue weighted by atomic mass is 9.97. The van der Waals surface area contributed by atoms with Crippen LogP contribution in [0, 0.1) is 5.92 Å². The summed E-state index contributed by atoms with van der Waals surface area (Å²) in [5.74, 6) is 0.754. The van der Waals surface area contributed by atoms with Gasteiger partial charge in [0.2, 0.25) is 5.91 Å². The van der Waals surface area contributed by atoms with Crippen molar-refractivity contribution in [2.75, 3.05) is 26.7 Å². The van der Waals surface area contributed by atoms with Crippen LogP contribution < -0.4 is 0 Å². The monoisotopic (exact) mass is 377 g/mol. The van der Waals surface area contributed by atoms with Gasteiger partial charge in [0, 0.05) is 43.4 Å². The second-order valence-corrected chi connectivity index (χ2v) is 8.59. The first-order valence-corrected chi connectivity index (χ1v) is 9.89. The zero-order valence-electron chi connectivity index (χ0n) is 14.5. The number of amides is 1. The minimum atomic E-state index is 0.220. The van der Waals surface area contributed by atoms with Crippen LogP contribution in [-0.2, 0) is 17.8 Å². The zero-order valence-corrected chi connectivity index (χ0v) is 16.1. The second-order valence-electron chi connectivity index (χ2n) is 6.79. The number of hydrogen-bond acceptors (Lipinski definition) is 4. The van der Waals surface area contributed by atoms with Crippen molar-refractivity contribution in [3.8, 4) is 0 Å². The van der Waals surface area contributed by atoms with E-state index in [2.05, 4.69) is 23.0 Å². The van der Waals surface area contributed by atoms with Gasteiger partial charge in [-0.3, -0.25) is 9.78 Å². The molecule has 4 nitrogen and oxygen atoms in total. The first kappa shape index (κ1) is 18.4. The number of pyridine rings is 1. The van der Waals surface area contributed by atoms with E-state index in [4.69, 9.17) is 11.6 Å². The minimum absolute atomic E-state index is 0.220. The molecule has 1 unspecified atom stereocenters. The van der Waals surface area contributed by atoms with Crippen LogP contribution in [0.1, 0.15) is 23.3 Å². The van der Waals surface area contributed by atoms with Gasteiger partial charge >= 0.3 is 0 Å². The summed E-state index contributed by atoms with van der Waals surface area (Å²) in [5.41, 5.74) is 1.23. The van der Waals surface area contributed by atoms with Crippen molar-refractivity contribution >= 4 is 28.8 Å². The summed E-state index contributed by atoms with van der Waals surface area (Å²) in [6.45, 7) is 3.63. The van der Waals surface area contributed by atoms with E-state index in [-0.39, 0.29) is 5.91 Å². The second kappa shape index (κ2) is 8.79. The Bertz CT molecular complexity index is 691. The molecule has 1 saturated heterocycles. The topological polar surface area (TPSA) is 36.4 Å². The molecule has 2 aromatic rings. The quantitative estimate of drug-likeness (QED) is 0.770. The molecule has 1 atom stereocenters. The fraction of sp³-hybridized carbons (Fsp3) is 0.474. The van der Waals surface area contributed by atoms with E-state index < -0.39 is 0 Å². The Kier molecular flexibility index (Phi) is 6.45. The van der Waals surface area contributed by atoms with E-state index >= 15 is 0 Å². The van der Waals surface area contributed by atoms with E-state index in [9.17, 15) is 4.79 Å². The Morgan fingerprint density at radius 1 is 1.44 bits per heavy atom. The van der Waals surface area contributed by atoms with Crippen LogP contribution in [0.2, 0.25) is 4.34 Å². The Balaban J connectivity index is 1.49. The molecular formula is C19H24ClN3OS. The normalized spacial score (nSPS) is 17.9. The fourth-order valence-electron chi connectivity index (χ4n) is 3.46. The van der Waals surface area contributed by atoms with Crippen molar-refractivity contribution in [2.45, 2.75) is 25.8 Å². The van der Waals surface area contributed by atoms with Gasteiger partial charge in [0.15, 0.2) is 0 Å². The maximum atomic E-state index is 12.6. The molecular weight excluding hydrogens is 354 g/mol. The number of carbonyl (C=O) groups is 1. The average molecular weight is 378 g/mol. The molecule has 25 heavy (non-hydrogen) atoms. The van der Waals surface area contributed by atoms with E-state index in [1.807, 2.05) is 29.3 Å². The highest BCUT2D eigenvalue weighted by Gasteiger charge is 2.24. The molecule has 134 valence electrons. The SMILES string of the molecule is CN(Cc1cccnc1)CC1CCCN(C(=O)Cc2ccc(Cl)s2)C1. The van der Waals surface area contributed by atoms with Gasteiger partial charge in [0.05, 0.1) is 10.8 Å². The van der Waals surface area contributed by atoms with Crippen LogP contribution >= 0.6 is 22.9 Å². The summed E-state index contributed by atoms with van der Waals surface area (Å²) in [4.78, 5) is 22.1. The molecule has 1 aliphatic rings. The third-order valence-electron chi connectivity index (χ3n) is 4.57. The van der Waals surface area contributed by atoms with Gasteiger partial charge in [0.1, 0.15) is 0 Å². The van der Waals surface area contributed by atoms with Crippen molar-refractivity contribution < 1.29 is 4.79 Å². The van der Waals surface area contributed by atoms with E-state index in [0.29, 0.717) is 12.3 Å². The standard InChI is InChI=1S/C19H24ClN3OS/c1-22(12-15-4-2-8-21-11-15)13-16-5-3-9-23(14-16)19(24)10-17-6-7-18(20)25-17/h2,4,6-8,11,16H,3,5,9-10,12-14H2,1H3. The van der Waals surface area contributed by atoms with Gasteiger partial charge < -0.3 is 9.80 Å². The highest BCUT2D eigenvalue weighted by molar-refractivity contribution is 7.16. The van der Waals surface area contributed by atoms with E-state index in [0.717, 1.165) is 41.8 Å². The number of thiophene rings is 1. The van der Waals surface area contributed by atoms with Gasteiger partial charge in [-0.05, 0) is 49.6 Å². The summed E-state index contributed by atoms with van der Waals surface area (Å²) in [6, 6.07) is 7.89. The van der Waals surface area contributed by atoms with Crippen molar-refractivity contribution in [3.63, 3.8) is 0 Å². The first-order chi connectivity index (χ1) is 12.1. The summed E-state index contributed by atoms with van der Waals surface area (Å²) in [7, 11) is 2.14. The Labute approximate surface area is 158 Å². The van der Waals surface area contributed by atoms with E-state index in [1.54, 1.807) is 6.20 Å². The first-order valence-electron chi connectivity index (χ1n) is 8.69. The van der Waals surface area contributed by atoms with Gasteiger partial charge in [-0.1, -0.05) is 17.7 Å². The van der Waals surface area contributed by atoms with E-state index in [1.165, 1.54) is 23.3 Å². The van der Waals surface area contributed by atoms with Crippen LogP contribution in [0.4, 0.5) is 0 Å². The van der Waals surface area contributed by atoms with Gasteiger partial charge in [-0.15, -0.1) is 11.3 Å². The molecule has 1 amide bonds. The molecule has 6 heteroatoms. The Morgan fingerprint density at radius 3 is 3.04 bits per heavy atom. The molecule has 0 saturated carbocycles. The third-order valence-corrected chi connectivity index (χ3v) is 5.80. The van der Waals surface area contributed by atoms with Gasteiger partial charge in [-0.2, -0.15) is 0 Å². The van der Waals surface area contributed by atoms with Crippen LogP contribution in [0.15, 0.2) is 36.7 Å². The number of likely N-dealkylation sites (tertiary alicyclic amines) is 1. The number of rotatable bonds is 6.